The van der Waals surface area contributed by atoms with Crippen molar-refractivity contribution in [1.29, 1.82) is 0 Å². The smallest absolute Gasteiger partial charge is 0.156 e. The minimum atomic E-state index is -0.0275. The van der Waals surface area contributed by atoms with Gasteiger partial charge in [0.15, 0.2) is 6.29 Å². The van der Waals surface area contributed by atoms with E-state index in [4.69, 9.17) is 9.47 Å². The molecule has 0 aromatic heterocycles. The third-order valence-corrected chi connectivity index (χ3v) is 1.57. The summed E-state index contributed by atoms with van der Waals surface area (Å²) in [6.45, 7) is 2.03. The van der Waals surface area contributed by atoms with Gasteiger partial charge in [-0.15, -0.1) is 0 Å². The Bertz CT molecular complexity index is 95.7. The number of ether oxygens (including phenoxy) is 2. The van der Waals surface area contributed by atoms with Crippen molar-refractivity contribution < 1.29 is 9.47 Å². The van der Waals surface area contributed by atoms with Gasteiger partial charge in [0.1, 0.15) is 0 Å². The van der Waals surface area contributed by atoms with Crippen LogP contribution in [-0.4, -0.2) is 20.5 Å². The number of hydrogen-bond donors (Lipinski definition) is 0. The SMILES string of the molecule is CC=CCCCC(OC)OC. The first-order valence-corrected chi connectivity index (χ1v) is 4.02. The lowest BCUT2D eigenvalue weighted by molar-refractivity contribution is -0.106. The molecule has 0 radical (unpaired) electrons. The second kappa shape index (κ2) is 7.76. The Balaban J connectivity index is 3.21. The van der Waals surface area contributed by atoms with Gasteiger partial charge in [0.25, 0.3) is 0 Å². The Kier molecular flexibility index (Phi) is 7.52. The predicted octanol–water partition coefficient (Wildman–Crippen LogP) is 2.35. The topological polar surface area (TPSA) is 18.5 Å². The monoisotopic (exact) mass is 158 g/mol. The van der Waals surface area contributed by atoms with Crippen LogP contribution in [0.1, 0.15) is 26.2 Å². The average molecular weight is 158 g/mol. The van der Waals surface area contributed by atoms with Gasteiger partial charge in [0.05, 0.1) is 0 Å². The van der Waals surface area contributed by atoms with E-state index in [0.717, 1.165) is 19.3 Å². The Morgan fingerprint density at radius 2 is 1.91 bits per heavy atom. The Morgan fingerprint density at radius 3 is 2.36 bits per heavy atom. The molecule has 0 aliphatic heterocycles. The summed E-state index contributed by atoms with van der Waals surface area (Å²) in [6.07, 6.45) is 7.39. The Labute approximate surface area is 69.2 Å². The number of allylic oxidation sites excluding steroid dienone is 2. The average Bonchev–Trinajstić information content (AvgIpc) is 2.05. The molecule has 0 saturated carbocycles. The summed E-state index contributed by atoms with van der Waals surface area (Å²) >= 11 is 0. The first-order chi connectivity index (χ1) is 5.35. The van der Waals surface area contributed by atoms with Crippen LogP contribution in [0.25, 0.3) is 0 Å². The van der Waals surface area contributed by atoms with Crippen LogP contribution in [0.3, 0.4) is 0 Å². The third kappa shape index (κ3) is 6.07. The predicted molar refractivity (Wildman–Crippen MR) is 46.5 cm³/mol. The van der Waals surface area contributed by atoms with E-state index in [1.807, 2.05) is 6.92 Å². The van der Waals surface area contributed by atoms with E-state index in [9.17, 15) is 0 Å². The molecule has 0 aromatic rings. The van der Waals surface area contributed by atoms with Crippen LogP contribution < -0.4 is 0 Å². The molecule has 0 amide bonds. The Hall–Kier alpha value is -0.340. The number of hydrogen-bond acceptors (Lipinski definition) is 2. The van der Waals surface area contributed by atoms with Crippen LogP contribution in [0.2, 0.25) is 0 Å². The molecule has 0 aliphatic carbocycles. The van der Waals surface area contributed by atoms with Crippen molar-refractivity contribution in [3.8, 4) is 0 Å². The van der Waals surface area contributed by atoms with Gasteiger partial charge in [-0.3, -0.25) is 0 Å². The highest BCUT2D eigenvalue weighted by Crippen LogP contribution is 2.04. The fraction of sp³-hybridized carbons (Fsp3) is 0.778. The van der Waals surface area contributed by atoms with E-state index in [1.165, 1.54) is 0 Å². The highest BCUT2D eigenvalue weighted by atomic mass is 16.7. The van der Waals surface area contributed by atoms with Crippen LogP contribution in [0.5, 0.6) is 0 Å². The molecule has 0 rings (SSSR count). The van der Waals surface area contributed by atoms with Crippen LogP contribution >= 0.6 is 0 Å². The van der Waals surface area contributed by atoms with Crippen LogP contribution in [0, 0.1) is 0 Å². The van der Waals surface area contributed by atoms with Crippen molar-refractivity contribution in [1.82, 2.24) is 0 Å². The number of methoxy groups -OCH3 is 2. The molecule has 66 valence electrons. The van der Waals surface area contributed by atoms with E-state index in [-0.39, 0.29) is 6.29 Å². The molecule has 0 saturated heterocycles. The van der Waals surface area contributed by atoms with Crippen LogP contribution in [0.4, 0.5) is 0 Å². The van der Waals surface area contributed by atoms with E-state index in [0.29, 0.717) is 0 Å². The van der Waals surface area contributed by atoms with Crippen molar-refractivity contribution in [2.24, 2.45) is 0 Å². The minimum Gasteiger partial charge on any atom is -0.356 e. The van der Waals surface area contributed by atoms with E-state index in [1.54, 1.807) is 14.2 Å². The molecular formula is C9H18O2. The third-order valence-electron chi connectivity index (χ3n) is 1.57. The van der Waals surface area contributed by atoms with Crippen molar-refractivity contribution in [3.05, 3.63) is 12.2 Å². The van der Waals surface area contributed by atoms with Gasteiger partial charge in [0, 0.05) is 14.2 Å². The maximum Gasteiger partial charge on any atom is 0.156 e. The first-order valence-electron chi connectivity index (χ1n) is 4.02. The quantitative estimate of drug-likeness (QED) is 0.335. The lowest BCUT2D eigenvalue weighted by atomic mass is 10.2. The van der Waals surface area contributed by atoms with Gasteiger partial charge in [-0.05, 0) is 26.2 Å². The molecule has 0 aliphatic rings. The standard InChI is InChI=1S/C9H18O2/c1-4-5-6-7-8-9(10-2)11-3/h4-5,9H,6-8H2,1-3H3. The molecule has 0 unspecified atom stereocenters. The molecule has 2 nitrogen and oxygen atoms in total. The molecular weight excluding hydrogens is 140 g/mol. The number of rotatable bonds is 6. The molecule has 0 atom stereocenters. The maximum atomic E-state index is 5.03. The summed E-state index contributed by atoms with van der Waals surface area (Å²) < 4.78 is 10.1. The van der Waals surface area contributed by atoms with Crippen LogP contribution in [0.15, 0.2) is 12.2 Å². The molecule has 0 heterocycles. The van der Waals surface area contributed by atoms with Crippen molar-refractivity contribution in [2.75, 3.05) is 14.2 Å². The van der Waals surface area contributed by atoms with Crippen molar-refractivity contribution >= 4 is 0 Å². The zero-order valence-corrected chi connectivity index (χ0v) is 7.67. The molecule has 0 fully saturated rings. The molecule has 0 spiro atoms. The van der Waals surface area contributed by atoms with Crippen molar-refractivity contribution in [3.63, 3.8) is 0 Å². The van der Waals surface area contributed by atoms with Crippen molar-refractivity contribution in [2.45, 2.75) is 32.5 Å². The lowest BCUT2D eigenvalue weighted by Crippen LogP contribution is -2.11. The summed E-state index contributed by atoms with van der Waals surface area (Å²) in [4.78, 5) is 0. The summed E-state index contributed by atoms with van der Waals surface area (Å²) in [6, 6.07) is 0. The Morgan fingerprint density at radius 1 is 1.27 bits per heavy atom. The van der Waals surface area contributed by atoms with Crippen LogP contribution in [-0.2, 0) is 9.47 Å². The highest BCUT2D eigenvalue weighted by molar-refractivity contribution is 4.76. The second-order valence-electron chi connectivity index (χ2n) is 2.40. The van der Waals surface area contributed by atoms with Gasteiger partial charge in [-0.25, -0.2) is 0 Å². The fourth-order valence-electron chi connectivity index (χ4n) is 0.901. The summed E-state index contributed by atoms with van der Waals surface area (Å²) in [5.74, 6) is 0. The van der Waals surface area contributed by atoms with Gasteiger partial charge in [0.2, 0.25) is 0 Å². The molecule has 0 aromatic carbocycles. The van der Waals surface area contributed by atoms with E-state index >= 15 is 0 Å². The second-order valence-corrected chi connectivity index (χ2v) is 2.40. The molecule has 2 heteroatoms. The summed E-state index contributed by atoms with van der Waals surface area (Å²) in [5, 5.41) is 0. The molecule has 11 heavy (non-hydrogen) atoms. The van der Waals surface area contributed by atoms with Gasteiger partial charge >= 0.3 is 0 Å². The molecule has 0 N–H and O–H groups in total. The number of unbranched alkanes of at least 4 members (excludes halogenated alkanes) is 1. The summed E-state index contributed by atoms with van der Waals surface area (Å²) in [5.41, 5.74) is 0. The zero-order chi connectivity index (χ0) is 8.53. The lowest BCUT2D eigenvalue weighted by Gasteiger charge is -2.11. The van der Waals surface area contributed by atoms with Gasteiger partial charge in [-0.1, -0.05) is 12.2 Å². The van der Waals surface area contributed by atoms with Gasteiger partial charge < -0.3 is 9.47 Å². The highest BCUT2D eigenvalue weighted by Gasteiger charge is 2.01. The maximum absolute atomic E-state index is 5.03. The zero-order valence-electron chi connectivity index (χ0n) is 7.67. The first kappa shape index (κ1) is 10.7. The van der Waals surface area contributed by atoms with E-state index < -0.39 is 0 Å². The molecule has 0 bridgehead atoms. The fourth-order valence-corrected chi connectivity index (χ4v) is 0.901. The van der Waals surface area contributed by atoms with Gasteiger partial charge in [-0.2, -0.15) is 0 Å². The normalized spacial score (nSPS) is 11.6. The van der Waals surface area contributed by atoms with E-state index in [2.05, 4.69) is 12.2 Å². The summed E-state index contributed by atoms with van der Waals surface area (Å²) in [7, 11) is 3.34. The largest absolute Gasteiger partial charge is 0.356 e. The minimum absolute atomic E-state index is 0.0275.